The predicted octanol–water partition coefficient (Wildman–Crippen LogP) is 3.52. The summed E-state index contributed by atoms with van der Waals surface area (Å²) in [6.07, 6.45) is 11.1. The second kappa shape index (κ2) is 8.32. The Hall–Kier alpha value is -0.840. The lowest BCUT2D eigenvalue weighted by Crippen LogP contribution is -2.40. The highest BCUT2D eigenvalue weighted by Gasteiger charge is 2.54. The van der Waals surface area contributed by atoms with Gasteiger partial charge in [-0.3, -0.25) is 4.79 Å². The van der Waals surface area contributed by atoms with Crippen molar-refractivity contribution in [3.05, 3.63) is 12.2 Å². The lowest BCUT2D eigenvalue weighted by atomic mass is 9.93. The molecule has 0 spiro atoms. The molecule has 132 valence electrons. The van der Waals surface area contributed by atoms with E-state index in [-0.39, 0.29) is 23.6 Å². The van der Waals surface area contributed by atoms with Crippen molar-refractivity contribution < 1.29 is 17.9 Å². The van der Waals surface area contributed by atoms with Gasteiger partial charge in [-0.1, -0.05) is 51.2 Å². The molecule has 2 rings (SSSR count). The van der Waals surface area contributed by atoms with E-state index in [2.05, 4.69) is 6.92 Å². The van der Waals surface area contributed by atoms with E-state index in [0.29, 0.717) is 13.0 Å². The normalized spacial score (nSPS) is 29.1. The van der Waals surface area contributed by atoms with Gasteiger partial charge >= 0.3 is 5.97 Å². The van der Waals surface area contributed by atoms with Crippen LogP contribution in [0.1, 0.15) is 58.8 Å². The molecule has 0 unspecified atom stereocenters. The molecule has 2 aliphatic rings. The number of unbranched alkanes of at least 4 members (excludes halogenated alkanes) is 5. The first-order valence-corrected chi connectivity index (χ1v) is 10.8. The summed E-state index contributed by atoms with van der Waals surface area (Å²) in [7, 11) is -3.25. The van der Waals surface area contributed by atoms with Gasteiger partial charge in [0, 0.05) is 0 Å². The van der Waals surface area contributed by atoms with Crippen LogP contribution in [0, 0.1) is 17.8 Å². The van der Waals surface area contributed by atoms with E-state index in [1.54, 1.807) is 6.92 Å². The molecular weight excluding hydrogens is 312 g/mol. The molecule has 0 aromatic heterocycles. The van der Waals surface area contributed by atoms with Gasteiger partial charge < -0.3 is 4.74 Å². The molecule has 1 fully saturated rings. The average molecular weight is 343 g/mol. The fraction of sp³-hybridized carbons (Fsp3) is 0.833. The number of hydrogen-bond donors (Lipinski definition) is 0. The van der Waals surface area contributed by atoms with Crippen LogP contribution in [0.15, 0.2) is 12.2 Å². The molecule has 0 N–H and O–H groups in total. The summed E-state index contributed by atoms with van der Waals surface area (Å²) in [6, 6.07) is 0. The zero-order valence-electron chi connectivity index (χ0n) is 14.4. The van der Waals surface area contributed by atoms with Gasteiger partial charge in [0.1, 0.15) is 0 Å². The average Bonchev–Trinajstić information content (AvgIpc) is 3.12. The summed E-state index contributed by atoms with van der Waals surface area (Å²) in [4.78, 5) is 12.2. The van der Waals surface area contributed by atoms with Crippen LogP contribution in [0.3, 0.4) is 0 Å². The fourth-order valence-electron chi connectivity index (χ4n) is 4.03. The molecular formula is C18H30O4S. The molecule has 0 amide bonds. The molecule has 0 aliphatic heterocycles. The quantitative estimate of drug-likeness (QED) is 0.346. The van der Waals surface area contributed by atoms with Gasteiger partial charge in [0.15, 0.2) is 9.84 Å². The van der Waals surface area contributed by atoms with Crippen molar-refractivity contribution >= 4 is 15.8 Å². The Labute approximate surface area is 140 Å². The number of allylic oxidation sites excluding steroid dienone is 2. The molecule has 0 radical (unpaired) electrons. The van der Waals surface area contributed by atoms with Gasteiger partial charge in [-0.15, -0.1) is 0 Å². The van der Waals surface area contributed by atoms with Crippen molar-refractivity contribution in [3.63, 3.8) is 0 Å². The Kier molecular flexibility index (Phi) is 6.69. The second-order valence-corrected chi connectivity index (χ2v) is 9.10. The molecule has 1 saturated carbocycles. The van der Waals surface area contributed by atoms with Crippen molar-refractivity contribution in [2.24, 2.45) is 17.8 Å². The molecule has 0 aromatic rings. The highest BCUT2D eigenvalue weighted by molar-refractivity contribution is 7.92. The van der Waals surface area contributed by atoms with Crippen LogP contribution in [-0.2, 0) is 19.4 Å². The summed E-state index contributed by atoms with van der Waals surface area (Å²) in [5.74, 6) is -0.574. The topological polar surface area (TPSA) is 60.4 Å². The van der Waals surface area contributed by atoms with Gasteiger partial charge in [0.2, 0.25) is 0 Å². The Morgan fingerprint density at radius 3 is 2.39 bits per heavy atom. The van der Waals surface area contributed by atoms with Gasteiger partial charge in [-0.2, -0.15) is 0 Å². The van der Waals surface area contributed by atoms with Crippen LogP contribution in [0.4, 0.5) is 0 Å². The third-order valence-electron chi connectivity index (χ3n) is 5.14. The summed E-state index contributed by atoms with van der Waals surface area (Å²) >= 11 is 0. The Morgan fingerprint density at radius 2 is 1.70 bits per heavy atom. The summed E-state index contributed by atoms with van der Waals surface area (Å²) < 4.78 is 30.7. The number of esters is 1. The zero-order valence-corrected chi connectivity index (χ0v) is 15.2. The Balaban J connectivity index is 1.94. The summed E-state index contributed by atoms with van der Waals surface area (Å²) in [6.45, 7) is 4.24. The maximum absolute atomic E-state index is 12.8. The molecule has 4 nitrogen and oxygen atoms in total. The number of ether oxygens (including phenoxy) is 1. The van der Waals surface area contributed by atoms with E-state index in [1.807, 2.05) is 12.2 Å². The number of fused-ring (bicyclic) bond motifs is 2. The number of hydrogen-bond acceptors (Lipinski definition) is 4. The van der Waals surface area contributed by atoms with Gasteiger partial charge in [0.05, 0.1) is 23.5 Å². The maximum atomic E-state index is 12.8. The van der Waals surface area contributed by atoms with Crippen LogP contribution in [-0.4, -0.2) is 32.0 Å². The molecule has 4 atom stereocenters. The van der Waals surface area contributed by atoms with E-state index in [9.17, 15) is 13.2 Å². The van der Waals surface area contributed by atoms with E-state index in [1.165, 1.54) is 19.3 Å². The highest BCUT2D eigenvalue weighted by atomic mass is 32.2. The van der Waals surface area contributed by atoms with E-state index >= 15 is 0 Å². The largest absolute Gasteiger partial charge is 0.466 e. The maximum Gasteiger partial charge on any atom is 0.310 e. The minimum Gasteiger partial charge on any atom is -0.466 e. The SMILES string of the molecule is CCCCCCCCS(=O)(=O)[C@H]1[C@@H](C(=O)OCC)[C@H]2C=C[C@@H]1C2. The second-order valence-electron chi connectivity index (χ2n) is 6.83. The summed E-state index contributed by atoms with van der Waals surface area (Å²) in [5.41, 5.74) is 0. The van der Waals surface area contributed by atoms with Crippen molar-refractivity contribution in [3.8, 4) is 0 Å². The minimum absolute atomic E-state index is 0.000465. The lowest BCUT2D eigenvalue weighted by molar-refractivity contribution is -0.148. The first-order chi connectivity index (χ1) is 11.0. The summed E-state index contributed by atoms with van der Waals surface area (Å²) in [5, 5.41) is -0.563. The molecule has 5 heteroatoms. The molecule has 0 aromatic carbocycles. The van der Waals surface area contributed by atoms with Crippen LogP contribution in [0.5, 0.6) is 0 Å². The first-order valence-electron chi connectivity index (χ1n) is 9.07. The van der Waals surface area contributed by atoms with Crippen LogP contribution in [0.25, 0.3) is 0 Å². The molecule has 0 heterocycles. The third-order valence-corrected chi connectivity index (χ3v) is 7.47. The van der Waals surface area contributed by atoms with Crippen LogP contribution >= 0.6 is 0 Å². The van der Waals surface area contributed by atoms with Gasteiger partial charge in [-0.25, -0.2) is 8.42 Å². The first kappa shape index (κ1) is 18.5. The number of carbonyl (C=O) groups is 1. The lowest BCUT2D eigenvalue weighted by Gasteiger charge is -2.26. The Morgan fingerprint density at radius 1 is 1.04 bits per heavy atom. The number of sulfone groups is 1. The monoisotopic (exact) mass is 342 g/mol. The van der Waals surface area contributed by atoms with Crippen molar-refractivity contribution in [2.75, 3.05) is 12.4 Å². The molecule has 23 heavy (non-hydrogen) atoms. The van der Waals surface area contributed by atoms with E-state index in [4.69, 9.17) is 4.74 Å². The van der Waals surface area contributed by atoms with Crippen LogP contribution < -0.4 is 0 Å². The van der Waals surface area contributed by atoms with Crippen molar-refractivity contribution in [1.82, 2.24) is 0 Å². The predicted molar refractivity (Wildman–Crippen MR) is 91.8 cm³/mol. The van der Waals surface area contributed by atoms with E-state index in [0.717, 1.165) is 19.3 Å². The minimum atomic E-state index is -3.25. The zero-order chi connectivity index (χ0) is 16.9. The smallest absolute Gasteiger partial charge is 0.310 e. The standard InChI is InChI=1S/C18H30O4S/c1-3-5-6-7-8-9-12-23(20,21)17-15-11-10-14(13-15)16(17)18(19)22-4-2/h10-11,14-17H,3-9,12-13H2,1-2H3/t14-,15+,16-,17+/m0/s1. The third kappa shape index (κ3) is 4.37. The molecule has 2 bridgehead atoms. The van der Waals surface area contributed by atoms with Crippen molar-refractivity contribution in [2.45, 2.75) is 64.0 Å². The van der Waals surface area contributed by atoms with Gasteiger partial charge in [0.25, 0.3) is 0 Å². The van der Waals surface area contributed by atoms with Crippen molar-refractivity contribution in [1.29, 1.82) is 0 Å². The fourth-order valence-corrected chi connectivity index (χ4v) is 6.41. The molecule has 0 saturated heterocycles. The number of rotatable bonds is 10. The van der Waals surface area contributed by atoms with E-state index < -0.39 is 21.0 Å². The van der Waals surface area contributed by atoms with Gasteiger partial charge in [-0.05, 0) is 31.6 Å². The number of carbonyl (C=O) groups excluding carboxylic acids is 1. The Bertz CT molecular complexity index is 523. The highest BCUT2D eigenvalue weighted by Crippen LogP contribution is 2.47. The molecule has 2 aliphatic carbocycles. The van der Waals surface area contributed by atoms with Crippen LogP contribution in [0.2, 0.25) is 0 Å².